The van der Waals surface area contributed by atoms with E-state index >= 15 is 0 Å². The van der Waals surface area contributed by atoms with E-state index in [4.69, 9.17) is 5.11 Å². The Hall–Kier alpha value is -0.480. The fourth-order valence-electron chi connectivity index (χ4n) is 3.14. The van der Waals surface area contributed by atoms with Crippen LogP contribution in [-0.4, -0.2) is 29.0 Å². The third-order valence-electron chi connectivity index (χ3n) is 4.84. The van der Waals surface area contributed by atoms with Crippen LogP contribution in [0.4, 0.5) is 0 Å². The third kappa shape index (κ3) is 18.6. The third-order valence-corrected chi connectivity index (χ3v) is 5.28. The zero-order valence-electron chi connectivity index (χ0n) is 17.2. The molecule has 0 heterocycles. The van der Waals surface area contributed by atoms with Gasteiger partial charge in [0.1, 0.15) is 12.2 Å². The van der Waals surface area contributed by atoms with E-state index in [1.165, 1.54) is 64.2 Å². The van der Waals surface area contributed by atoms with Crippen molar-refractivity contribution in [2.45, 2.75) is 115 Å². The van der Waals surface area contributed by atoms with Gasteiger partial charge >= 0.3 is 7.91 Å². The smallest absolute Gasteiger partial charge is 0.394 e. The highest BCUT2D eigenvalue weighted by molar-refractivity contribution is 7.24. The minimum atomic E-state index is -3.00. The summed E-state index contributed by atoms with van der Waals surface area (Å²) in [5.41, 5.74) is 0. The second-order valence-electron chi connectivity index (χ2n) is 7.34. The molecule has 2 atom stereocenters. The Bertz CT molecular complexity index is 401. The number of unbranched alkanes of at least 4 members (excludes halogenated alkanes) is 12. The molecule has 0 spiro atoms. The van der Waals surface area contributed by atoms with E-state index in [1.54, 1.807) is 0 Å². The summed E-state index contributed by atoms with van der Waals surface area (Å²) in [5, 5.41) is 18.5. The van der Waals surface area contributed by atoms with Gasteiger partial charge < -0.3 is 10.2 Å². The summed E-state index contributed by atoms with van der Waals surface area (Å²) in [6, 6.07) is 0. The first kappa shape index (κ1) is 26.5. The minimum absolute atomic E-state index is 0.451. The van der Waals surface area contributed by atoms with Crippen molar-refractivity contribution in [3.8, 4) is 0 Å². The molecule has 0 saturated carbocycles. The van der Waals surface area contributed by atoms with Gasteiger partial charge in [-0.2, -0.15) is 0 Å². The summed E-state index contributed by atoms with van der Waals surface area (Å²) < 4.78 is 25.9. The first-order valence-corrected chi connectivity index (χ1v) is 12.0. The molecule has 0 amide bonds. The van der Waals surface area contributed by atoms with Gasteiger partial charge in [-0.1, -0.05) is 83.3 Å². The summed E-state index contributed by atoms with van der Waals surface area (Å²) in [5.74, 6) is 0. The van der Waals surface area contributed by atoms with Crippen molar-refractivity contribution in [2.24, 2.45) is 0 Å². The van der Waals surface area contributed by atoms with Gasteiger partial charge in [-0.3, -0.25) is 4.52 Å². The average molecular weight is 405 g/mol. The van der Waals surface area contributed by atoms with E-state index in [1.807, 2.05) is 0 Å². The second kappa shape index (κ2) is 20.3. The van der Waals surface area contributed by atoms with Crippen LogP contribution >= 0.6 is 7.91 Å². The van der Waals surface area contributed by atoms with Gasteiger partial charge in [-0.05, 0) is 32.1 Å². The highest BCUT2D eigenvalue weighted by Gasteiger charge is 2.20. The lowest BCUT2D eigenvalue weighted by atomic mass is 10.0. The molecule has 0 aliphatic heterocycles. The predicted molar refractivity (Wildman–Crippen MR) is 110 cm³/mol. The first-order chi connectivity index (χ1) is 13.1. The lowest BCUT2D eigenvalue weighted by Gasteiger charge is -2.17. The fraction of sp³-hybridized carbons (Fsp3) is 0.905. The zero-order valence-corrected chi connectivity index (χ0v) is 18.1. The summed E-state index contributed by atoms with van der Waals surface area (Å²) in [6.45, 7) is 1.76. The number of hydrogen-bond acceptors (Lipinski definition) is 5. The summed E-state index contributed by atoms with van der Waals surface area (Å²) in [4.78, 5) is 0. The molecule has 2 N–H and O–H groups in total. The van der Waals surface area contributed by atoms with Crippen molar-refractivity contribution in [3.05, 3.63) is 12.2 Å². The Morgan fingerprint density at radius 1 is 0.815 bits per heavy atom. The monoisotopic (exact) mass is 404 g/mol. The van der Waals surface area contributed by atoms with E-state index in [9.17, 15) is 14.2 Å². The normalized spacial score (nSPS) is 13.9. The van der Waals surface area contributed by atoms with Gasteiger partial charge in [-0.15, -0.1) is 0 Å². The molecular weight excluding hydrogens is 363 g/mol. The molecule has 0 radical (unpaired) electrons. The van der Waals surface area contributed by atoms with Gasteiger partial charge in [0, 0.05) is 0 Å². The molecular formula is C21H41O5P. The summed E-state index contributed by atoms with van der Waals surface area (Å²) in [7, 11) is -3.00. The van der Waals surface area contributed by atoms with Crippen LogP contribution in [0.2, 0.25) is 0 Å². The van der Waals surface area contributed by atoms with Crippen LogP contribution in [0.15, 0.2) is 12.2 Å². The lowest BCUT2D eigenvalue weighted by molar-refractivity contribution is -0.00329. The van der Waals surface area contributed by atoms with Crippen LogP contribution < -0.4 is 0 Å². The van der Waals surface area contributed by atoms with Gasteiger partial charge in [0.2, 0.25) is 0 Å². The van der Waals surface area contributed by atoms with Crippen molar-refractivity contribution in [1.82, 2.24) is 0 Å². The topological polar surface area (TPSA) is 83.8 Å². The molecule has 0 aliphatic rings. The molecule has 2 unspecified atom stereocenters. The Balaban J connectivity index is 3.44. The predicted octanol–water partition coefficient (Wildman–Crippen LogP) is 6.24. The summed E-state index contributed by atoms with van der Waals surface area (Å²) in [6.07, 6.45) is 20.1. The zero-order chi connectivity index (χ0) is 20.2. The van der Waals surface area contributed by atoms with Crippen LogP contribution in [0.3, 0.4) is 0 Å². The molecule has 6 heteroatoms. The van der Waals surface area contributed by atoms with Crippen LogP contribution in [0.1, 0.15) is 103 Å². The number of rotatable bonds is 20. The molecule has 0 aromatic heterocycles. The highest BCUT2D eigenvalue weighted by Crippen LogP contribution is 2.19. The molecule has 0 saturated heterocycles. The van der Waals surface area contributed by atoms with Crippen molar-refractivity contribution in [2.75, 3.05) is 6.61 Å². The Kier molecular flexibility index (Phi) is 19.9. The quantitative estimate of drug-likeness (QED) is 0.142. The van der Waals surface area contributed by atoms with Crippen LogP contribution in [0.5, 0.6) is 0 Å². The standard InChI is InChI=1S/C21H41O5P/c1-2-3-4-5-6-7-8-9-10-11-12-13-14-15-16-17-18-21(20(23)19-22)26-27(24)25/h9-10,20-23H,2-8,11-19H2,1H3. The van der Waals surface area contributed by atoms with Crippen LogP contribution in [0.25, 0.3) is 0 Å². The van der Waals surface area contributed by atoms with Gasteiger partial charge in [0.05, 0.1) is 6.61 Å². The number of aliphatic hydroxyl groups excluding tert-OH is 2. The average Bonchev–Trinajstić information content (AvgIpc) is 2.65. The molecule has 0 aliphatic carbocycles. The van der Waals surface area contributed by atoms with Crippen molar-refractivity contribution in [1.29, 1.82) is 0 Å². The fourth-order valence-corrected chi connectivity index (χ4v) is 3.60. The van der Waals surface area contributed by atoms with E-state index in [0.717, 1.165) is 25.7 Å². The van der Waals surface area contributed by atoms with Crippen LogP contribution in [-0.2, 0) is 13.7 Å². The van der Waals surface area contributed by atoms with E-state index in [-0.39, 0.29) is 0 Å². The van der Waals surface area contributed by atoms with Crippen LogP contribution in [0, 0.1) is 0 Å². The Morgan fingerprint density at radius 3 is 1.78 bits per heavy atom. The van der Waals surface area contributed by atoms with E-state index in [2.05, 4.69) is 23.6 Å². The molecule has 5 nitrogen and oxygen atoms in total. The molecule has 0 rings (SSSR count). The highest BCUT2D eigenvalue weighted by atomic mass is 31.1. The van der Waals surface area contributed by atoms with Crippen molar-refractivity contribution in [3.63, 3.8) is 0 Å². The number of allylic oxidation sites excluding steroid dienone is 2. The number of aliphatic hydroxyl groups is 2. The van der Waals surface area contributed by atoms with Gasteiger partial charge in [0.25, 0.3) is 0 Å². The minimum Gasteiger partial charge on any atom is -0.394 e. The Morgan fingerprint density at radius 2 is 1.30 bits per heavy atom. The lowest BCUT2D eigenvalue weighted by Crippen LogP contribution is -2.30. The molecule has 0 aromatic rings. The largest absolute Gasteiger partial charge is 0.468 e. The van der Waals surface area contributed by atoms with E-state index in [0.29, 0.717) is 6.42 Å². The van der Waals surface area contributed by atoms with Gasteiger partial charge in [0.15, 0.2) is 0 Å². The van der Waals surface area contributed by atoms with E-state index < -0.39 is 26.7 Å². The maximum atomic E-state index is 10.6. The molecule has 0 fully saturated rings. The SMILES string of the molecule is CCCCCCCCC=CCCCCCCCCC(OP(=O)=O)C(O)CO. The first-order valence-electron chi connectivity index (χ1n) is 10.9. The second-order valence-corrected chi connectivity index (χ2v) is 8.00. The molecule has 0 bridgehead atoms. The Labute approximate surface area is 166 Å². The molecule has 27 heavy (non-hydrogen) atoms. The number of hydrogen-bond donors (Lipinski definition) is 2. The molecule has 0 aromatic carbocycles. The van der Waals surface area contributed by atoms with Crippen molar-refractivity contribution < 1.29 is 23.9 Å². The van der Waals surface area contributed by atoms with Crippen molar-refractivity contribution >= 4 is 7.91 Å². The maximum absolute atomic E-state index is 10.6. The summed E-state index contributed by atoms with van der Waals surface area (Å²) >= 11 is 0. The molecule has 160 valence electrons. The maximum Gasteiger partial charge on any atom is 0.468 e. The van der Waals surface area contributed by atoms with Gasteiger partial charge in [-0.25, -0.2) is 9.13 Å².